The predicted octanol–water partition coefficient (Wildman–Crippen LogP) is 2.74. The van der Waals surface area contributed by atoms with E-state index in [0.29, 0.717) is 18.8 Å². The number of anilines is 1. The van der Waals surface area contributed by atoms with Crippen molar-refractivity contribution in [3.05, 3.63) is 41.1 Å². The largest absolute Gasteiger partial charge is 0.493 e. The highest BCUT2D eigenvalue weighted by molar-refractivity contribution is 5.89. The molecule has 0 aliphatic heterocycles. The molecular formula is C15H19N3O2. The van der Waals surface area contributed by atoms with Gasteiger partial charge in [0.15, 0.2) is 5.82 Å². The molecule has 1 heterocycles. The number of aryl methyl sites for hydroxylation is 3. The van der Waals surface area contributed by atoms with Crippen molar-refractivity contribution in [3.8, 4) is 5.75 Å². The second kappa shape index (κ2) is 6.23. The molecule has 5 nitrogen and oxygen atoms in total. The molecule has 0 radical (unpaired) electrons. The Morgan fingerprint density at radius 2 is 2.10 bits per heavy atom. The summed E-state index contributed by atoms with van der Waals surface area (Å²) in [5, 5.41) is 9.43. The van der Waals surface area contributed by atoms with Crippen LogP contribution in [0.1, 0.15) is 23.2 Å². The Hall–Kier alpha value is -2.30. The zero-order valence-corrected chi connectivity index (χ0v) is 12.0. The Kier molecular flexibility index (Phi) is 4.40. The van der Waals surface area contributed by atoms with Crippen molar-refractivity contribution in [1.82, 2.24) is 10.2 Å². The molecule has 106 valence electrons. The summed E-state index contributed by atoms with van der Waals surface area (Å²) < 4.78 is 5.62. The lowest BCUT2D eigenvalue weighted by atomic mass is 10.1. The van der Waals surface area contributed by atoms with Crippen LogP contribution in [0.25, 0.3) is 0 Å². The number of aromatic amines is 1. The summed E-state index contributed by atoms with van der Waals surface area (Å²) in [6, 6.07) is 7.76. The molecule has 20 heavy (non-hydrogen) atoms. The first-order chi connectivity index (χ1) is 9.54. The molecular weight excluding hydrogens is 254 g/mol. The van der Waals surface area contributed by atoms with E-state index in [2.05, 4.69) is 21.6 Å². The topological polar surface area (TPSA) is 67.0 Å². The van der Waals surface area contributed by atoms with Gasteiger partial charge < -0.3 is 10.1 Å². The van der Waals surface area contributed by atoms with E-state index in [4.69, 9.17) is 4.74 Å². The third-order valence-electron chi connectivity index (χ3n) is 2.89. The van der Waals surface area contributed by atoms with E-state index in [-0.39, 0.29) is 5.91 Å². The Morgan fingerprint density at radius 1 is 1.30 bits per heavy atom. The maximum Gasteiger partial charge on any atom is 0.229 e. The highest BCUT2D eigenvalue weighted by atomic mass is 16.5. The van der Waals surface area contributed by atoms with Crippen LogP contribution in [0.15, 0.2) is 24.3 Å². The second-order valence-corrected chi connectivity index (χ2v) is 4.85. The van der Waals surface area contributed by atoms with Gasteiger partial charge in [-0.25, -0.2) is 0 Å². The summed E-state index contributed by atoms with van der Waals surface area (Å²) >= 11 is 0. The van der Waals surface area contributed by atoms with Gasteiger partial charge in [-0.15, -0.1) is 0 Å². The third kappa shape index (κ3) is 3.85. The van der Waals surface area contributed by atoms with Crippen molar-refractivity contribution in [2.24, 2.45) is 0 Å². The first-order valence-corrected chi connectivity index (χ1v) is 6.56. The van der Waals surface area contributed by atoms with Crippen LogP contribution in [0.4, 0.5) is 5.82 Å². The van der Waals surface area contributed by atoms with E-state index in [1.54, 1.807) is 6.07 Å². The van der Waals surface area contributed by atoms with Crippen LogP contribution in [0.3, 0.4) is 0 Å². The van der Waals surface area contributed by atoms with Crippen molar-refractivity contribution in [1.29, 1.82) is 0 Å². The first kappa shape index (κ1) is 14.1. The van der Waals surface area contributed by atoms with E-state index >= 15 is 0 Å². The van der Waals surface area contributed by atoms with Gasteiger partial charge in [-0.1, -0.05) is 17.7 Å². The molecule has 0 aliphatic carbocycles. The maximum absolute atomic E-state index is 11.7. The van der Waals surface area contributed by atoms with Crippen LogP contribution < -0.4 is 10.1 Å². The zero-order chi connectivity index (χ0) is 14.5. The second-order valence-electron chi connectivity index (χ2n) is 4.85. The van der Waals surface area contributed by atoms with Gasteiger partial charge in [0.2, 0.25) is 5.91 Å². The summed E-state index contributed by atoms with van der Waals surface area (Å²) in [4.78, 5) is 11.7. The molecule has 1 aromatic heterocycles. The molecule has 5 heteroatoms. The standard InChI is InChI=1S/C15H19N3O2/c1-10-4-5-13(11(2)8-10)20-7-6-15(19)16-14-9-12(3)17-18-14/h4-5,8-9H,6-7H2,1-3H3,(H2,16,17,18,19). The van der Waals surface area contributed by atoms with Crippen molar-refractivity contribution in [2.75, 3.05) is 11.9 Å². The molecule has 0 unspecified atom stereocenters. The lowest BCUT2D eigenvalue weighted by molar-refractivity contribution is -0.116. The fourth-order valence-corrected chi connectivity index (χ4v) is 1.90. The van der Waals surface area contributed by atoms with Crippen LogP contribution in [0, 0.1) is 20.8 Å². The molecule has 2 N–H and O–H groups in total. The van der Waals surface area contributed by atoms with Crippen molar-refractivity contribution < 1.29 is 9.53 Å². The molecule has 2 rings (SSSR count). The average molecular weight is 273 g/mol. The molecule has 0 aliphatic rings. The van der Waals surface area contributed by atoms with E-state index < -0.39 is 0 Å². The normalized spacial score (nSPS) is 10.3. The monoisotopic (exact) mass is 273 g/mol. The molecule has 0 saturated carbocycles. The highest BCUT2D eigenvalue weighted by Crippen LogP contribution is 2.18. The minimum Gasteiger partial charge on any atom is -0.493 e. The van der Waals surface area contributed by atoms with Gasteiger partial charge in [0.1, 0.15) is 5.75 Å². The smallest absolute Gasteiger partial charge is 0.229 e. The summed E-state index contributed by atoms with van der Waals surface area (Å²) in [6.45, 7) is 6.26. The lowest BCUT2D eigenvalue weighted by Gasteiger charge is -2.09. The molecule has 1 amide bonds. The Bertz CT molecular complexity index is 605. The molecule has 0 spiro atoms. The third-order valence-corrected chi connectivity index (χ3v) is 2.89. The Balaban J connectivity index is 1.79. The van der Waals surface area contributed by atoms with Gasteiger partial charge in [0, 0.05) is 11.8 Å². The van der Waals surface area contributed by atoms with Gasteiger partial charge in [-0.3, -0.25) is 9.89 Å². The number of amides is 1. The molecule has 0 saturated heterocycles. The first-order valence-electron chi connectivity index (χ1n) is 6.56. The van der Waals surface area contributed by atoms with E-state index in [0.717, 1.165) is 17.0 Å². The van der Waals surface area contributed by atoms with E-state index in [1.165, 1.54) is 5.56 Å². The number of benzene rings is 1. The number of H-pyrrole nitrogens is 1. The number of aromatic nitrogens is 2. The van der Waals surface area contributed by atoms with Gasteiger partial charge in [-0.2, -0.15) is 5.10 Å². The average Bonchev–Trinajstić information content (AvgIpc) is 2.77. The van der Waals surface area contributed by atoms with E-state index in [9.17, 15) is 4.79 Å². The zero-order valence-electron chi connectivity index (χ0n) is 12.0. The number of nitrogens with zero attached hydrogens (tertiary/aromatic N) is 1. The number of rotatable bonds is 5. The van der Waals surface area contributed by atoms with Crippen molar-refractivity contribution >= 4 is 11.7 Å². The van der Waals surface area contributed by atoms with Crippen molar-refractivity contribution in [2.45, 2.75) is 27.2 Å². The van der Waals surface area contributed by atoms with Crippen LogP contribution in [-0.2, 0) is 4.79 Å². The molecule has 0 fully saturated rings. The number of carbonyl (C=O) groups excluding carboxylic acids is 1. The van der Waals surface area contributed by atoms with Gasteiger partial charge in [0.05, 0.1) is 13.0 Å². The van der Waals surface area contributed by atoms with Crippen LogP contribution in [-0.4, -0.2) is 22.7 Å². The van der Waals surface area contributed by atoms with Crippen molar-refractivity contribution in [3.63, 3.8) is 0 Å². The summed E-state index contributed by atoms with van der Waals surface area (Å²) in [5.41, 5.74) is 3.18. The lowest BCUT2D eigenvalue weighted by Crippen LogP contribution is -2.15. The predicted molar refractivity (Wildman–Crippen MR) is 78.0 cm³/mol. The molecule has 2 aromatic rings. The Labute approximate surface area is 118 Å². The summed E-state index contributed by atoms with van der Waals surface area (Å²) in [6.07, 6.45) is 0.291. The minimum atomic E-state index is -0.110. The Morgan fingerprint density at radius 3 is 2.75 bits per heavy atom. The number of hydrogen-bond donors (Lipinski definition) is 2. The van der Waals surface area contributed by atoms with Crippen LogP contribution >= 0.6 is 0 Å². The number of hydrogen-bond acceptors (Lipinski definition) is 3. The van der Waals surface area contributed by atoms with Crippen LogP contribution in [0.5, 0.6) is 5.75 Å². The van der Waals surface area contributed by atoms with Gasteiger partial charge in [-0.05, 0) is 32.4 Å². The number of nitrogens with one attached hydrogen (secondary N) is 2. The van der Waals surface area contributed by atoms with Gasteiger partial charge >= 0.3 is 0 Å². The minimum absolute atomic E-state index is 0.110. The SMILES string of the molecule is Cc1ccc(OCCC(=O)Nc2cc(C)[nH]n2)c(C)c1. The van der Waals surface area contributed by atoms with Crippen LogP contribution in [0.2, 0.25) is 0 Å². The quantitative estimate of drug-likeness (QED) is 0.880. The fraction of sp³-hybridized carbons (Fsp3) is 0.333. The number of carbonyl (C=O) groups is 1. The van der Waals surface area contributed by atoms with E-state index in [1.807, 2.05) is 32.9 Å². The summed E-state index contributed by atoms with van der Waals surface area (Å²) in [7, 11) is 0. The highest BCUT2D eigenvalue weighted by Gasteiger charge is 2.06. The molecule has 0 atom stereocenters. The molecule has 1 aromatic carbocycles. The maximum atomic E-state index is 11.7. The molecule has 0 bridgehead atoms. The fourth-order valence-electron chi connectivity index (χ4n) is 1.90. The number of ether oxygens (including phenoxy) is 1. The van der Waals surface area contributed by atoms with Gasteiger partial charge in [0.25, 0.3) is 0 Å². The summed E-state index contributed by atoms with van der Waals surface area (Å²) in [5.74, 6) is 1.25.